The largest absolute Gasteiger partial charge is 0.382 e. The van der Waals surface area contributed by atoms with Crippen LogP contribution in [0.2, 0.25) is 0 Å². The number of nitrogens with one attached hydrogen (secondary N) is 1. The van der Waals surface area contributed by atoms with E-state index >= 15 is 0 Å². The standard InChI is InChI=1S/C15H24N2O2/c1-11(2)6-5-7-13(4)16-15-9-8-14(17(18)19)10-12(15)3/h8-11,13,16H,5-7H2,1-4H3. The quantitative estimate of drug-likeness (QED) is 0.581. The molecule has 4 nitrogen and oxygen atoms in total. The Morgan fingerprint density at radius 3 is 2.47 bits per heavy atom. The average molecular weight is 264 g/mol. The van der Waals surface area contributed by atoms with Gasteiger partial charge in [-0.25, -0.2) is 0 Å². The van der Waals surface area contributed by atoms with E-state index in [4.69, 9.17) is 0 Å². The summed E-state index contributed by atoms with van der Waals surface area (Å²) in [5.41, 5.74) is 2.06. The molecule has 0 aliphatic heterocycles. The summed E-state index contributed by atoms with van der Waals surface area (Å²) in [5.74, 6) is 0.744. The molecule has 0 bridgehead atoms. The zero-order chi connectivity index (χ0) is 14.4. The first-order valence-corrected chi connectivity index (χ1v) is 6.91. The summed E-state index contributed by atoms with van der Waals surface area (Å²) in [6, 6.07) is 5.35. The monoisotopic (exact) mass is 264 g/mol. The minimum atomic E-state index is -0.358. The van der Waals surface area contributed by atoms with E-state index in [0.717, 1.165) is 23.6 Å². The molecule has 19 heavy (non-hydrogen) atoms. The Labute approximate surface area is 115 Å². The Morgan fingerprint density at radius 2 is 1.95 bits per heavy atom. The minimum Gasteiger partial charge on any atom is -0.382 e. The van der Waals surface area contributed by atoms with Gasteiger partial charge in [-0.15, -0.1) is 0 Å². The third-order valence-electron chi connectivity index (χ3n) is 3.24. The van der Waals surface area contributed by atoms with Crippen LogP contribution < -0.4 is 5.32 Å². The Hall–Kier alpha value is -1.58. The Kier molecular flexibility index (Phi) is 5.80. The maximum absolute atomic E-state index is 10.7. The van der Waals surface area contributed by atoms with Crippen molar-refractivity contribution in [3.05, 3.63) is 33.9 Å². The van der Waals surface area contributed by atoms with Crippen LogP contribution in [0.1, 0.15) is 45.6 Å². The van der Waals surface area contributed by atoms with Crippen LogP contribution >= 0.6 is 0 Å². The van der Waals surface area contributed by atoms with Gasteiger partial charge in [-0.3, -0.25) is 10.1 Å². The fourth-order valence-electron chi connectivity index (χ4n) is 2.09. The lowest BCUT2D eigenvalue weighted by atomic mass is 10.0. The maximum atomic E-state index is 10.7. The van der Waals surface area contributed by atoms with Crippen LogP contribution in [0.15, 0.2) is 18.2 Å². The molecule has 0 amide bonds. The number of nitro groups is 1. The third-order valence-corrected chi connectivity index (χ3v) is 3.24. The number of non-ortho nitro benzene ring substituents is 1. The second-order valence-corrected chi connectivity index (χ2v) is 5.63. The van der Waals surface area contributed by atoms with Crippen molar-refractivity contribution in [1.82, 2.24) is 0 Å². The number of hydrogen-bond donors (Lipinski definition) is 1. The molecule has 0 fully saturated rings. The van der Waals surface area contributed by atoms with Crippen LogP contribution in [0.25, 0.3) is 0 Å². The lowest BCUT2D eigenvalue weighted by Crippen LogP contribution is -2.16. The minimum absolute atomic E-state index is 0.149. The van der Waals surface area contributed by atoms with Crippen molar-refractivity contribution < 1.29 is 4.92 Å². The van der Waals surface area contributed by atoms with Gasteiger partial charge in [-0.2, -0.15) is 0 Å². The van der Waals surface area contributed by atoms with Gasteiger partial charge in [-0.05, 0) is 37.8 Å². The van der Waals surface area contributed by atoms with Crippen LogP contribution in [0, 0.1) is 23.0 Å². The van der Waals surface area contributed by atoms with Crippen molar-refractivity contribution in [3.63, 3.8) is 0 Å². The van der Waals surface area contributed by atoms with Crippen LogP contribution in [-0.4, -0.2) is 11.0 Å². The summed E-state index contributed by atoms with van der Waals surface area (Å²) in [5, 5.41) is 14.1. The summed E-state index contributed by atoms with van der Waals surface area (Å²) in [4.78, 5) is 10.3. The van der Waals surface area contributed by atoms with Gasteiger partial charge in [0.15, 0.2) is 0 Å². The van der Waals surface area contributed by atoms with Crippen molar-refractivity contribution in [2.45, 2.75) is 53.0 Å². The van der Waals surface area contributed by atoms with E-state index in [-0.39, 0.29) is 10.6 Å². The Bertz CT molecular complexity index is 430. The van der Waals surface area contributed by atoms with E-state index in [0.29, 0.717) is 6.04 Å². The number of rotatable bonds is 7. The van der Waals surface area contributed by atoms with Crippen molar-refractivity contribution in [2.24, 2.45) is 5.92 Å². The van der Waals surface area contributed by atoms with Crippen LogP contribution in [0.4, 0.5) is 11.4 Å². The number of benzene rings is 1. The molecule has 4 heteroatoms. The maximum Gasteiger partial charge on any atom is 0.269 e. The summed E-state index contributed by atoms with van der Waals surface area (Å²) < 4.78 is 0. The number of anilines is 1. The molecule has 1 N–H and O–H groups in total. The van der Waals surface area contributed by atoms with Gasteiger partial charge in [0.05, 0.1) is 4.92 Å². The molecular formula is C15H24N2O2. The predicted molar refractivity (Wildman–Crippen MR) is 79.6 cm³/mol. The first kappa shape index (κ1) is 15.5. The molecule has 0 saturated heterocycles. The lowest BCUT2D eigenvalue weighted by molar-refractivity contribution is -0.384. The molecule has 0 aliphatic carbocycles. The molecule has 0 spiro atoms. The van der Waals surface area contributed by atoms with Crippen LogP contribution in [0.3, 0.4) is 0 Å². The first-order valence-electron chi connectivity index (χ1n) is 6.91. The van der Waals surface area contributed by atoms with Gasteiger partial charge in [0.1, 0.15) is 0 Å². The van der Waals surface area contributed by atoms with Gasteiger partial charge >= 0.3 is 0 Å². The molecule has 106 valence electrons. The highest BCUT2D eigenvalue weighted by Gasteiger charge is 2.09. The van der Waals surface area contributed by atoms with E-state index in [9.17, 15) is 10.1 Å². The molecule has 0 heterocycles. The second-order valence-electron chi connectivity index (χ2n) is 5.63. The Balaban J connectivity index is 2.54. The van der Waals surface area contributed by atoms with Crippen molar-refractivity contribution in [3.8, 4) is 0 Å². The van der Waals surface area contributed by atoms with E-state index in [1.165, 1.54) is 12.8 Å². The molecule has 1 atom stereocenters. The smallest absolute Gasteiger partial charge is 0.269 e. The average Bonchev–Trinajstić information content (AvgIpc) is 2.31. The molecule has 0 radical (unpaired) electrons. The molecule has 0 saturated carbocycles. The predicted octanol–water partition coefficient (Wildman–Crippen LogP) is 4.53. The topological polar surface area (TPSA) is 55.2 Å². The fraction of sp³-hybridized carbons (Fsp3) is 0.600. The second kappa shape index (κ2) is 7.12. The zero-order valence-corrected chi connectivity index (χ0v) is 12.3. The SMILES string of the molecule is Cc1cc([N+](=O)[O-])ccc1NC(C)CCCC(C)C. The molecule has 0 aliphatic rings. The summed E-state index contributed by atoms with van der Waals surface area (Å²) in [7, 11) is 0. The van der Waals surface area contributed by atoms with Gasteiger partial charge in [-0.1, -0.05) is 26.7 Å². The number of nitro benzene ring substituents is 1. The highest BCUT2D eigenvalue weighted by molar-refractivity contribution is 5.55. The fourth-order valence-corrected chi connectivity index (χ4v) is 2.09. The van der Waals surface area contributed by atoms with Crippen LogP contribution in [-0.2, 0) is 0 Å². The van der Waals surface area contributed by atoms with Crippen molar-refractivity contribution in [2.75, 3.05) is 5.32 Å². The molecular weight excluding hydrogens is 240 g/mol. The van der Waals surface area contributed by atoms with Gasteiger partial charge in [0.25, 0.3) is 5.69 Å². The molecule has 1 rings (SSSR count). The highest BCUT2D eigenvalue weighted by atomic mass is 16.6. The van der Waals surface area contributed by atoms with Gasteiger partial charge in [0.2, 0.25) is 0 Å². The summed E-state index contributed by atoms with van der Waals surface area (Å²) >= 11 is 0. The number of hydrogen-bond acceptors (Lipinski definition) is 3. The molecule has 1 aromatic rings. The molecule has 1 unspecified atom stereocenters. The lowest BCUT2D eigenvalue weighted by Gasteiger charge is -2.17. The number of aryl methyl sites for hydroxylation is 1. The van der Waals surface area contributed by atoms with E-state index in [2.05, 4.69) is 26.1 Å². The van der Waals surface area contributed by atoms with Crippen molar-refractivity contribution >= 4 is 11.4 Å². The number of nitrogens with zero attached hydrogens (tertiary/aromatic N) is 1. The highest BCUT2D eigenvalue weighted by Crippen LogP contribution is 2.22. The summed E-state index contributed by atoms with van der Waals surface area (Å²) in [6.07, 6.45) is 3.57. The van der Waals surface area contributed by atoms with E-state index in [1.54, 1.807) is 18.2 Å². The normalized spacial score (nSPS) is 12.5. The zero-order valence-electron chi connectivity index (χ0n) is 12.3. The van der Waals surface area contributed by atoms with E-state index in [1.807, 2.05) is 6.92 Å². The van der Waals surface area contributed by atoms with Crippen molar-refractivity contribution in [1.29, 1.82) is 0 Å². The summed E-state index contributed by atoms with van der Waals surface area (Å²) in [6.45, 7) is 8.52. The molecule has 1 aromatic carbocycles. The Morgan fingerprint density at radius 1 is 1.26 bits per heavy atom. The molecule has 0 aromatic heterocycles. The van der Waals surface area contributed by atoms with Gasteiger partial charge in [0, 0.05) is 23.9 Å². The first-order chi connectivity index (χ1) is 8.90. The third kappa shape index (κ3) is 5.28. The van der Waals surface area contributed by atoms with Crippen LogP contribution in [0.5, 0.6) is 0 Å². The van der Waals surface area contributed by atoms with E-state index < -0.39 is 0 Å². The van der Waals surface area contributed by atoms with Gasteiger partial charge < -0.3 is 5.32 Å².